The molecule has 40 heavy (non-hydrogen) atoms. The fourth-order valence-electron chi connectivity index (χ4n) is 5.93. The van der Waals surface area contributed by atoms with Crippen molar-refractivity contribution in [3.63, 3.8) is 0 Å². The van der Waals surface area contributed by atoms with Gasteiger partial charge in [-0.2, -0.15) is 9.97 Å². The number of anilines is 1. The molecule has 3 atom stereocenters. The Bertz CT molecular complexity index is 1530. The number of hydrogen-bond donors (Lipinski definition) is 2. The van der Waals surface area contributed by atoms with Crippen LogP contribution in [0.4, 0.5) is 23.4 Å². The molecule has 4 aromatic rings. The second-order valence-corrected chi connectivity index (χ2v) is 10.5. The molecule has 2 aromatic carbocycles. The van der Waals surface area contributed by atoms with E-state index in [0.29, 0.717) is 29.2 Å². The Morgan fingerprint density at radius 2 is 1.95 bits per heavy atom. The van der Waals surface area contributed by atoms with E-state index in [4.69, 9.17) is 4.74 Å². The minimum Gasteiger partial charge on any atom is -0.467 e. The van der Waals surface area contributed by atoms with Gasteiger partial charge < -0.3 is 15.4 Å². The maximum absolute atomic E-state index is 15.7. The highest BCUT2D eigenvalue weighted by Gasteiger charge is 2.34. The first-order chi connectivity index (χ1) is 19.4. The molecule has 0 radical (unpaired) electrons. The molecule has 11 heteroatoms. The topological polar surface area (TPSA) is 75.2 Å². The molecule has 210 valence electrons. The number of benzene rings is 2. The molecule has 7 rings (SSSR count). The Balaban J connectivity index is 0.000000271. The van der Waals surface area contributed by atoms with Crippen LogP contribution in [0.3, 0.4) is 0 Å². The van der Waals surface area contributed by atoms with Crippen molar-refractivity contribution < 1.29 is 22.3 Å². The highest BCUT2D eigenvalue weighted by Crippen LogP contribution is 2.35. The van der Waals surface area contributed by atoms with Crippen molar-refractivity contribution in [1.82, 2.24) is 25.2 Å². The van der Waals surface area contributed by atoms with Crippen LogP contribution in [0, 0.1) is 17.5 Å². The summed E-state index contributed by atoms with van der Waals surface area (Å²) in [5.74, 6) is -2.42. The lowest BCUT2D eigenvalue weighted by Crippen LogP contribution is -2.23. The predicted octanol–water partition coefficient (Wildman–Crippen LogP) is 5.24. The molecule has 0 saturated carbocycles. The third-order valence-corrected chi connectivity index (χ3v) is 7.90. The lowest BCUT2D eigenvalue weighted by atomic mass is 10.00. The molecule has 0 amide bonds. The van der Waals surface area contributed by atoms with Crippen molar-refractivity contribution in [3.05, 3.63) is 54.0 Å². The number of fused-ring (bicyclic) bond motifs is 3. The molecule has 5 heterocycles. The lowest BCUT2D eigenvalue weighted by molar-refractivity contribution is 0.292. The smallest absolute Gasteiger partial charge is 0.318 e. The second-order valence-electron chi connectivity index (χ2n) is 10.5. The third kappa shape index (κ3) is 5.03. The second kappa shape index (κ2) is 11.1. The van der Waals surface area contributed by atoms with Gasteiger partial charge in [0.1, 0.15) is 23.2 Å². The van der Waals surface area contributed by atoms with Crippen molar-refractivity contribution in [2.75, 3.05) is 38.6 Å². The number of rotatable bonds is 4. The number of alkyl halides is 1. The third-order valence-electron chi connectivity index (χ3n) is 7.90. The first-order valence-corrected chi connectivity index (χ1v) is 13.6. The van der Waals surface area contributed by atoms with E-state index in [1.165, 1.54) is 38.3 Å². The van der Waals surface area contributed by atoms with Crippen LogP contribution in [0.1, 0.15) is 25.7 Å². The van der Waals surface area contributed by atoms with Crippen LogP contribution in [0.2, 0.25) is 0 Å². The van der Waals surface area contributed by atoms with E-state index in [-0.39, 0.29) is 34.2 Å². The molecule has 0 bridgehead atoms. The summed E-state index contributed by atoms with van der Waals surface area (Å²) in [5.41, 5.74) is -0.00284. The van der Waals surface area contributed by atoms with Crippen molar-refractivity contribution in [2.45, 2.75) is 43.9 Å². The lowest BCUT2D eigenvalue weighted by Gasteiger charge is -2.16. The van der Waals surface area contributed by atoms with Gasteiger partial charge in [-0.25, -0.2) is 17.6 Å². The van der Waals surface area contributed by atoms with E-state index in [1.54, 1.807) is 12.1 Å². The monoisotopic (exact) mass is 554 g/mol. The van der Waals surface area contributed by atoms with Gasteiger partial charge in [-0.15, -0.1) is 0 Å². The highest BCUT2D eigenvalue weighted by atomic mass is 19.2. The van der Waals surface area contributed by atoms with E-state index in [0.717, 1.165) is 38.5 Å². The molecule has 2 N–H and O–H groups in total. The summed E-state index contributed by atoms with van der Waals surface area (Å²) < 4.78 is 61.9. The summed E-state index contributed by atoms with van der Waals surface area (Å²) in [6.45, 7) is 3.48. The number of hydrogen-bond acceptors (Lipinski definition) is 7. The molecule has 3 unspecified atom stereocenters. The van der Waals surface area contributed by atoms with E-state index in [2.05, 4.69) is 30.5 Å². The van der Waals surface area contributed by atoms with Crippen LogP contribution < -0.4 is 15.4 Å². The Hall–Kier alpha value is -3.57. The number of ether oxygens (including phenoxy) is 1. The van der Waals surface area contributed by atoms with Gasteiger partial charge in [0.2, 0.25) is 0 Å². The summed E-state index contributed by atoms with van der Waals surface area (Å²) in [6, 6.07) is 7.99. The molecule has 7 nitrogen and oxygen atoms in total. The molecule has 0 aliphatic carbocycles. The molecule has 3 aliphatic heterocycles. The molecule has 3 saturated heterocycles. The van der Waals surface area contributed by atoms with Gasteiger partial charge in [0.25, 0.3) is 0 Å². The highest BCUT2D eigenvalue weighted by molar-refractivity contribution is 5.99. The molecule has 2 aromatic heterocycles. The van der Waals surface area contributed by atoms with Crippen molar-refractivity contribution in [2.24, 2.45) is 0 Å². The number of halogens is 4. The molecule has 3 fully saturated rings. The van der Waals surface area contributed by atoms with Crippen LogP contribution in [0.15, 0.2) is 36.5 Å². The standard InChI is InChI=1S/C22H18F3N5O.C7H12FN/c1-31-22-29-20-14(21(30-22)28-12-7-8-26-9-12)10-27-19(18(20)25)13-4-2-3-11-5-6-15(23)17(24)16(11)13;8-6-4-7-2-1-3-9(7)5-6/h2-6,10,12,26H,7-9H2,1H3,(H,28,29,30);6-7H,1-5H2. The molecular weight excluding hydrogens is 524 g/mol. The van der Waals surface area contributed by atoms with Crippen molar-refractivity contribution in [1.29, 1.82) is 0 Å². The zero-order chi connectivity index (χ0) is 27.8. The van der Waals surface area contributed by atoms with E-state index < -0.39 is 23.6 Å². The predicted molar refractivity (Wildman–Crippen MR) is 146 cm³/mol. The van der Waals surface area contributed by atoms with Gasteiger partial charge in [-0.05, 0) is 50.2 Å². The maximum atomic E-state index is 15.7. The molecule has 0 spiro atoms. The van der Waals surface area contributed by atoms with Gasteiger partial charge in [-0.3, -0.25) is 9.88 Å². The fourth-order valence-corrected chi connectivity index (χ4v) is 5.93. The number of aromatic nitrogens is 3. The van der Waals surface area contributed by atoms with Crippen molar-refractivity contribution in [3.8, 4) is 17.3 Å². The fraction of sp³-hybridized carbons (Fsp3) is 0.414. The largest absolute Gasteiger partial charge is 0.467 e. The van der Waals surface area contributed by atoms with Gasteiger partial charge in [0.05, 0.1) is 12.5 Å². The number of nitrogens with zero attached hydrogens (tertiary/aromatic N) is 4. The van der Waals surface area contributed by atoms with Gasteiger partial charge >= 0.3 is 6.01 Å². The first kappa shape index (κ1) is 26.6. The number of pyridine rings is 1. The van der Waals surface area contributed by atoms with Gasteiger partial charge in [0, 0.05) is 42.3 Å². The van der Waals surface area contributed by atoms with Crippen LogP contribution in [-0.4, -0.2) is 71.4 Å². The zero-order valence-corrected chi connectivity index (χ0v) is 22.1. The van der Waals surface area contributed by atoms with E-state index in [1.807, 2.05) is 0 Å². The maximum Gasteiger partial charge on any atom is 0.318 e. The quantitative estimate of drug-likeness (QED) is 0.335. The van der Waals surface area contributed by atoms with E-state index in [9.17, 15) is 13.2 Å². The Labute approximate surface area is 229 Å². The summed E-state index contributed by atoms with van der Waals surface area (Å²) in [7, 11) is 1.39. The zero-order valence-electron chi connectivity index (χ0n) is 22.1. The average Bonchev–Trinajstić information content (AvgIpc) is 3.70. The Morgan fingerprint density at radius 3 is 2.73 bits per heavy atom. The van der Waals surface area contributed by atoms with Crippen molar-refractivity contribution >= 4 is 27.5 Å². The summed E-state index contributed by atoms with van der Waals surface area (Å²) in [4.78, 5) is 15.0. The Kier molecular flexibility index (Phi) is 7.41. The average molecular weight is 555 g/mol. The van der Waals surface area contributed by atoms with Crippen LogP contribution in [0.25, 0.3) is 32.9 Å². The van der Waals surface area contributed by atoms with Gasteiger partial charge in [0.15, 0.2) is 17.5 Å². The van der Waals surface area contributed by atoms with Gasteiger partial charge in [-0.1, -0.05) is 24.3 Å². The minimum absolute atomic E-state index is 0.00727. The first-order valence-electron chi connectivity index (χ1n) is 13.6. The summed E-state index contributed by atoms with van der Waals surface area (Å²) in [5, 5.41) is 7.30. The SMILES string of the molecule is COc1nc(NC2CCNC2)c2cnc(-c3cccc4ccc(F)c(F)c34)c(F)c2n1.FC1CC2CCCN2C1. The van der Waals surface area contributed by atoms with E-state index >= 15 is 4.39 Å². The molecule has 3 aliphatic rings. The Morgan fingerprint density at radius 1 is 1.07 bits per heavy atom. The number of methoxy groups -OCH3 is 1. The molecular formula is C29H30F4N6O. The summed E-state index contributed by atoms with van der Waals surface area (Å²) >= 11 is 0. The van der Waals surface area contributed by atoms with Crippen LogP contribution in [0.5, 0.6) is 6.01 Å². The summed E-state index contributed by atoms with van der Waals surface area (Å²) in [6.07, 6.45) is 5.14. The minimum atomic E-state index is -1.05. The normalized spacial score (nSPS) is 22.4. The van der Waals surface area contributed by atoms with Crippen LogP contribution >= 0.6 is 0 Å². The number of nitrogens with one attached hydrogen (secondary N) is 2. The van der Waals surface area contributed by atoms with Crippen LogP contribution in [-0.2, 0) is 0 Å².